The van der Waals surface area contributed by atoms with Crippen molar-refractivity contribution in [2.75, 3.05) is 63.7 Å². The molecule has 2 fully saturated rings. The van der Waals surface area contributed by atoms with Gasteiger partial charge in [0.2, 0.25) is 11.8 Å². The highest BCUT2D eigenvalue weighted by Gasteiger charge is 2.45. The van der Waals surface area contributed by atoms with Crippen molar-refractivity contribution in [2.24, 2.45) is 5.73 Å². The van der Waals surface area contributed by atoms with Gasteiger partial charge < -0.3 is 40.6 Å². The number of halogens is 2. The topological polar surface area (TPSA) is 240 Å². The number of nitrogens with one attached hydrogen (secondary N) is 2. The molecule has 0 radical (unpaired) electrons. The number of carbonyl (C=O) groups excluding carboxylic acids is 6. The Morgan fingerprint density at radius 2 is 1.67 bits per heavy atom. The van der Waals surface area contributed by atoms with Crippen molar-refractivity contribution in [2.45, 2.75) is 37.8 Å². The summed E-state index contributed by atoms with van der Waals surface area (Å²) < 4.78 is 51.0. The van der Waals surface area contributed by atoms with E-state index < -0.39 is 59.3 Å². The number of rotatable bonds is 16. The molecule has 20 heteroatoms. The quantitative estimate of drug-likeness (QED) is 0.0932. The number of nitrogen functional groups attached to an aromatic ring is 1. The van der Waals surface area contributed by atoms with Crippen LogP contribution in [0, 0.1) is 11.6 Å². The Hall–Kier alpha value is -6.93. The summed E-state index contributed by atoms with van der Waals surface area (Å²) in [6, 6.07) is 12.6. The number of anilines is 2. The molecule has 1 aromatic heterocycles. The zero-order valence-electron chi connectivity index (χ0n) is 32.7. The van der Waals surface area contributed by atoms with Crippen molar-refractivity contribution in [1.29, 1.82) is 0 Å². The molecule has 1 unspecified atom stereocenters. The van der Waals surface area contributed by atoms with E-state index in [0.29, 0.717) is 43.2 Å². The summed E-state index contributed by atoms with van der Waals surface area (Å²) in [6.45, 7) is 1.70. The third kappa shape index (κ3) is 9.29. The van der Waals surface area contributed by atoms with Gasteiger partial charge in [-0.05, 0) is 67.8 Å². The summed E-state index contributed by atoms with van der Waals surface area (Å²) in [4.78, 5) is 78.2. The van der Waals surface area contributed by atoms with Crippen LogP contribution in [0.1, 0.15) is 62.8 Å². The predicted octanol–water partition coefficient (Wildman–Crippen LogP) is 3.62. The number of hydrogen-bond donors (Lipinski definition) is 4. The Labute approximate surface area is 347 Å². The summed E-state index contributed by atoms with van der Waals surface area (Å²) in [5.74, 6) is -4.60. The molecule has 320 valence electrons. The van der Waals surface area contributed by atoms with Crippen LogP contribution in [0.2, 0.25) is 0 Å². The molecule has 0 bridgehead atoms. The van der Waals surface area contributed by atoms with Crippen molar-refractivity contribution in [3.63, 3.8) is 0 Å². The maximum Gasteiger partial charge on any atom is 0.409 e. The standard InChI is InChI=1S/C41H42F2N8O10/c42-24-8-12-31(28(43)21-24)61-26-9-6-23(7-10-26)35-34(37(45)53)36(44)51(48-35)25-3-2-15-49(22-25)41(57)60-20-19-59-18-17-58-16-14-46-29-5-1-4-27-33(29)40(56)50(39(27)55)30-11-13-32(52)47-38(30)54/h1,4-10,12,21,25,30,46H,2-3,11,13-20,22,44H2,(H2,45,53)(H,47,52,54)/t25-,30?/m1/s1. The summed E-state index contributed by atoms with van der Waals surface area (Å²) in [7, 11) is 0. The maximum absolute atomic E-state index is 14.1. The maximum atomic E-state index is 14.1. The molecule has 4 heterocycles. The monoisotopic (exact) mass is 844 g/mol. The average Bonchev–Trinajstić information content (AvgIpc) is 3.72. The minimum Gasteiger partial charge on any atom is -0.454 e. The summed E-state index contributed by atoms with van der Waals surface area (Å²) in [5, 5.41) is 9.90. The fourth-order valence-electron chi connectivity index (χ4n) is 7.38. The number of amides is 6. The Kier molecular flexibility index (Phi) is 12.8. The molecule has 6 N–H and O–H groups in total. The highest BCUT2D eigenvalue weighted by molar-refractivity contribution is 6.25. The van der Waals surface area contributed by atoms with E-state index >= 15 is 0 Å². The first kappa shape index (κ1) is 42.2. The number of imide groups is 2. The molecule has 0 saturated carbocycles. The van der Waals surface area contributed by atoms with Crippen LogP contribution in [0.4, 0.5) is 25.1 Å². The first-order valence-corrected chi connectivity index (χ1v) is 19.5. The normalized spacial score (nSPS) is 17.6. The number of hydrogen-bond acceptors (Lipinski definition) is 13. The molecule has 0 aliphatic carbocycles. The number of benzene rings is 3. The SMILES string of the molecule is NC(=O)c1c(-c2ccc(Oc3ccc(F)cc3F)cc2)nn([C@@H]2CCCN(C(=O)OCCOCCOCCNc3cccc4c3C(=O)N(C3CCC(=O)NC3=O)C4=O)C2)c1N. The largest absolute Gasteiger partial charge is 0.454 e. The molecule has 2 saturated heterocycles. The van der Waals surface area contributed by atoms with Crippen LogP contribution in [0.25, 0.3) is 11.3 Å². The fraction of sp³-hybridized carbons (Fsp3) is 0.341. The molecular weight excluding hydrogens is 802 g/mol. The van der Waals surface area contributed by atoms with Crippen molar-refractivity contribution >= 4 is 47.1 Å². The molecule has 2 atom stereocenters. The van der Waals surface area contributed by atoms with Crippen LogP contribution in [0.3, 0.4) is 0 Å². The van der Waals surface area contributed by atoms with E-state index in [-0.39, 0.29) is 92.1 Å². The van der Waals surface area contributed by atoms with Crippen molar-refractivity contribution in [3.05, 3.63) is 89.0 Å². The van der Waals surface area contributed by atoms with E-state index in [9.17, 15) is 37.5 Å². The van der Waals surface area contributed by atoms with Gasteiger partial charge in [-0.1, -0.05) is 6.07 Å². The van der Waals surface area contributed by atoms with E-state index in [1.807, 2.05) is 0 Å². The van der Waals surface area contributed by atoms with Gasteiger partial charge in [-0.2, -0.15) is 5.10 Å². The molecule has 3 aliphatic rings. The second kappa shape index (κ2) is 18.6. The first-order chi connectivity index (χ1) is 29.4. The Morgan fingerprint density at radius 1 is 0.918 bits per heavy atom. The van der Waals surface area contributed by atoms with Gasteiger partial charge in [0.05, 0.1) is 43.6 Å². The van der Waals surface area contributed by atoms with Crippen LogP contribution >= 0.6 is 0 Å². The molecule has 3 aliphatic heterocycles. The zero-order chi connectivity index (χ0) is 43.2. The molecule has 7 rings (SSSR count). The predicted molar refractivity (Wildman–Crippen MR) is 211 cm³/mol. The van der Waals surface area contributed by atoms with Crippen LogP contribution in [-0.4, -0.2) is 114 Å². The van der Waals surface area contributed by atoms with Crippen molar-refractivity contribution in [3.8, 4) is 22.8 Å². The Bertz CT molecular complexity index is 2360. The minimum atomic E-state index is -1.06. The number of fused-ring (bicyclic) bond motifs is 1. The second-order valence-corrected chi connectivity index (χ2v) is 14.3. The van der Waals surface area contributed by atoms with Crippen LogP contribution < -0.4 is 26.8 Å². The zero-order valence-corrected chi connectivity index (χ0v) is 32.7. The number of nitrogens with zero attached hydrogens (tertiary/aromatic N) is 4. The third-order valence-electron chi connectivity index (χ3n) is 10.3. The molecule has 61 heavy (non-hydrogen) atoms. The van der Waals surface area contributed by atoms with E-state index in [1.165, 1.54) is 33.8 Å². The number of ether oxygens (including phenoxy) is 4. The lowest BCUT2D eigenvalue weighted by Crippen LogP contribution is -2.54. The summed E-state index contributed by atoms with van der Waals surface area (Å²) in [6.07, 6.45) is 0.750. The van der Waals surface area contributed by atoms with Gasteiger partial charge in [0, 0.05) is 43.4 Å². The number of primary amides is 1. The lowest BCUT2D eigenvalue weighted by Gasteiger charge is -2.32. The van der Waals surface area contributed by atoms with E-state index in [0.717, 1.165) is 11.0 Å². The lowest BCUT2D eigenvalue weighted by atomic mass is 10.0. The smallest absolute Gasteiger partial charge is 0.409 e. The van der Waals surface area contributed by atoms with Gasteiger partial charge in [-0.25, -0.2) is 18.3 Å². The highest BCUT2D eigenvalue weighted by atomic mass is 19.1. The Morgan fingerprint density at radius 3 is 2.41 bits per heavy atom. The summed E-state index contributed by atoms with van der Waals surface area (Å²) in [5.41, 5.74) is 13.6. The highest BCUT2D eigenvalue weighted by Crippen LogP contribution is 2.35. The third-order valence-corrected chi connectivity index (χ3v) is 10.3. The lowest BCUT2D eigenvalue weighted by molar-refractivity contribution is -0.136. The average molecular weight is 845 g/mol. The molecular formula is C41H42F2N8O10. The minimum absolute atomic E-state index is 0.00367. The second-order valence-electron chi connectivity index (χ2n) is 14.3. The van der Waals surface area contributed by atoms with Crippen LogP contribution in [0.5, 0.6) is 11.5 Å². The van der Waals surface area contributed by atoms with Gasteiger partial charge in [-0.3, -0.25) is 34.2 Å². The van der Waals surface area contributed by atoms with Gasteiger partial charge in [0.1, 0.15) is 41.3 Å². The van der Waals surface area contributed by atoms with Gasteiger partial charge >= 0.3 is 6.09 Å². The van der Waals surface area contributed by atoms with Crippen molar-refractivity contribution < 1.29 is 56.5 Å². The molecule has 6 amide bonds. The first-order valence-electron chi connectivity index (χ1n) is 19.5. The van der Waals surface area contributed by atoms with E-state index in [4.69, 9.17) is 30.4 Å². The molecule has 3 aromatic carbocycles. The number of likely N-dealkylation sites (tertiary alicyclic amines) is 1. The van der Waals surface area contributed by atoms with E-state index in [2.05, 4.69) is 15.7 Å². The van der Waals surface area contributed by atoms with Gasteiger partial charge in [-0.15, -0.1) is 0 Å². The summed E-state index contributed by atoms with van der Waals surface area (Å²) >= 11 is 0. The number of nitrogens with two attached hydrogens (primary N) is 2. The molecule has 18 nitrogen and oxygen atoms in total. The van der Waals surface area contributed by atoms with Crippen LogP contribution in [0.15, 0.2) is 60.7 Å². The van der Waals surface area contributed by atoms with E-state index in [1.54, 1.807) is 24.3 Å². The van der Waals surface area contributed by atoms with Gasteiger partial charge in [0.15, 0.2) is 11.6 Å². The number of carbonyl (C=O) groups is 6. The Balaban J connectivity index is 0.826. The fourth-order valence-corrected chi connectivity index (χ4v) is 7.38. The van der Waals surface area contributed by atoms with Gasteiger partial charge in [0.25, 0.3) is 17.7 Å². The molecule has 0 spiro atoms. The van der Waals surface area contributed by atoms with Crippen molar-refractivity contribution in [1.82, 2.24) is 24.9 Å². The number of aromatic nitrogens is 2. The number of piperidine rings is 2. The molecule has 4 aromatic rings. The van der Waals surface area contributed by atoms with Crippen LogP contribution in [-0.2, 0) is 23.8 Å².